The maximum atomic E-state index is 12.4. The van der Waals surface area contributed by atoms with Crippen LogP contribution in [0, 0.1) is 19.8 Å². The Morgan fingerprint density at radius 2 is 2.05 bits per heavy atom. The van der Waals surface area contributed by atoms with E-state index in [4.69, 9.17) is 0 Å². The van der Waals surface area contributed by atoms with Gasteiger partial charge in [-0.3, -0.25) is 9.00 Å². The van der Waals surface area contributed by atoms with Gasteiger partial charge in [0.25, 0.3) is 0 Å². The maximum Gasteiger partial charge on any atom is 0.175 e. The van der Waals surface area contributed by atoms with Crippen molar-refractivity contribution in [3.63, 3.8) is 0 Å². The molecule has 1 fully saturated rings. The molecule has 1 saturated carbocycles. The van der Waals surface area contributed by atoms with Gasteiger partial charge in [0, 0.05) is 21.6 Å². The Morgan fingerprint density at radius 3 is 2.70 bits per heavy atom. The molecule has 20 heavy (non-hydrogen) atoms. The topological polar surface area (TPSA) is 34.1 Å². The van der Waals surface area contributed by atoms with Crippen LogP contribution in [0.4, 0.5) is 0 Å². The fraction of sp³-hybridized carbons (Fsp3) is 0.588. The minimum Gasteiger partial charge on any atom is -0.293 e. The summed E-state index contributed by atoms with van der Waals surface area (Å²) in [7, 11) is -1.02. The highest BCUT2D eigenvalue weighted by Gasteiger charge is 2.25. The third-order valence-electron chi connectivity index (χ3n) is 4.22. The number of hydrogen-bond donors (Lipinski definition) is 0. The Bertz CT molecular complexity index is 522. The number of carbonyl (C=O) groups excluding carboxylic acids is 1. The van der Waals surface area contributed by atoms with Crippen molar-refractivity contribution in [1.29, 1.82) is 0 Å². The number of Topliss-reactive ketones (excluding diaryl/α,β-unsaturated/α-hetero) is 1. The van der Waals surface area contributed by atoms with Gasteiger partial charge in [-0.25, -0.2) is 0 Å². The van der Waals surface area contributed by atoms with E-state index in [1.807, 2.05) is 32.0 Å². The van der Waals surface area contributed by atoms with E-state index in [0.717, 1.165) is 36.0 Å². The quantitative estimate of drug-likeness (QED) is 0.791. The lowest BCUT2D eigenvalue weighted by Crippen LogP contribution is -2.27. The van der Waals surface area contributed by atoms with Gasteiger partial charge in [-0.15, -0.1) is 0 Å². The minimum absolute atomic E-state index is 0.0269. The van der Waals surface area contributed by atoms with Crippen LogP contribution >= 0.6 is 0 Å². The number of aryl methyl sites for hydroxylation is 2. The first-order valence-electron chi connectivity index (χ1n) is 7.45. The molecule has 2 nitrogen and oxygen atoms in total. The number of benzene rings is 1. The molecule has 0 radical (unpaired) electrons. The lowest BCUT2D eigenvalue weighted by molar-refractivity contribution is 0.102. The lowest BCUT2D eigenvalue weighted by Gasteiger charge is -2.25. The fourth-order valence-electron chi connectivity index (χ4n) is 3.07. The van der Waals surface area contributed by atoms with E-state index in [-0.39, 0.29) is 16.8 Å². The van der Waals surface area contributed by atoms with Gasteiger partial charge < -0.3 is 0 Å². The molecule has 0 heterocycles. The second-order valence-corrected chi connectivity index (χ2v) is 7.88. The third kappa shape index (κ3) is 3.78. The summed E-state index contributed by atoms with van der Waals surface area (Å²) in [5.41, 5.74) is 2.87. The van der Waals surface area contributed by atoms with Gasteiger partial charge in [0.05, 0.1) is 5.75 Å². The fourth-order valence-corrected chi connectivity index (χ4v) is 4.69. The molecule has 3 heteroatoms. The van der Waals surface area contributed by atoms with Crippen LogP contribution in [0.5, 0.6) is 0 Å². The molecule has 3 atom stereocenters. The molecule has 2 rings (SSSR count). The first-order valence-corrected chi connectivity index (χ1v) is 8.83. The Balaban J connectivity index is 2.02. The summed E-state index contributed by atoms with van der Waals surface area (Å²) in [6, 6.07) is 5.83. The molecule has 0 saturated heterocycles. The van der Waals surface area contributed by atoms with Gasteiger partial charge in [0.15, 0.2) is 5.78 Å². The second-order valence-electron chi connectivity index (χ2n) is 6.16. The van der Waals surface area contributed by atoms with Crippen LogP contribution in [0.1, 0.15) is 54.1 Å². The highest BCUT2D eigenvalue weighted by Crippen LogP contribution is 2.27. The van der Waals surface area contributed by atoms with Crippen molar-refractivity contribution in [3.05, 3.63) is 34.9 Å². The molecule has 1 aliphatic rings. The van der Waals surface area contributed by atoms with Crippen molar-refractivity contribution < 1.29 is 9.00 Å². The molecular formula is C17H24O2S. The maximum absolute atomic E-state index is 12.4. The Morgan fingerprint density at radius 1 is 1.30 bits per heavy atom. The molecule has 0 N–H and O–H groups in total. The van der Waals surface area contributed by atoms with Crippen molar-refractivity contribution in [1.82, 2.24) is 0 Å². The highest BCUT2D eigenvalue weighted by atomic mass is 32.2. The molecule has 1 aromatic rings. The zero-order valence-electron chi connectivity index (χ0n) is 12.6. The van der Waals surface area contributed by atoms with E-state index in [1.54, 1.807) is 0 Å². The lowest BCUT2D eigenvalue weighted by atomic mass is 9.91. The standard InChI is InChI=1S/C17H24O2S/c1-12-5-4-6-15(10-12)20(19)11-17(18)16-8-7-13(2)9-14(16)3/h7-9,12,15H,4-6,10-11H2,1-3H3. The zero-order valence-corrected chi connectivity index (χ0v) is 13.5. The Hall–Kier alpha value is -0.960. The summed E-state index contributed by atoms with van der Waals surface area (Å²) in [6.45, 7) is 6.18. The number of carbonyl (C=O) groups is 1. The van der Waals surface area contributed by atoms with Crippen LogP contribution < -0.4 is 0 Å². The van der Waals surface area contributed by atoms with Crippen molar-refractivity contribution in [2.75, 3.05) is 5.75 Å². The molecule has 1 aromatic carbocycles. The SMILES string of the molecule is Cc1ccc(C(=O)CS(=O)C2CCCC(C)C2)c(C)c1. The third-order valence-corrected chi connectivity index (χ3v) is 5.93. The summed E-state index contributed by atoms with van der Waals surface area (Å²) < 4.78 is 12.4. The molecule has 0 spiro atoms. The summed E-state index contributed by atoms with van der Waals surface area (Å²) in [4.78, 5) is 12.3. The van der Waals surface area contributed by atoms with Crippen LogP contribution in [-0.2, 0) is 10.8 Å². The van der Waals surface area contributed by atoms with Crippen LogP contribution in [-0.4, -0.2) is 21.0 Å². The summed E-state index contributed by atoms with van der Waals surface area (Å²) >= 11 is 0. The van der Waals surface area contributed by atoms with Crippen LogP contribution in [0.25, 0.3) is 0 Å². The van der Waals surface area contributed by atoms with E-state index in [1.165, 1.54) is 6.42 Å². The molecule has 0 bridgehead atoms. The highest BCUT2D eigenvalue weighted by molar-refractivity contribution is 7.86. The summed E-state index contributed by atoms with van der Waals surface area (Å²) in [6.07, 6.45) is 4.40. The first kappa shape index (κ1) is 15.4. The van der Waals surface area contributed by atoms with Gasteiger partial charge in [0.1, 0.15) is 0 Å². The van der Waals surface area contributed by atoms with Crippen molar-refractivity contribution in [2.24, 2.45) is 5.92 Å². The summed E-state index contributed by atoms with van der Waals surface area (Å²) in [5, 5.41) is 0.216. The van der Waals surface area contributed by atoms with E-state index in [9.17, 15) is 9.00 Å². The smallest absolute Gasteiger partial charge is 0.175 e. The molecule has 110 valence electrons. The average Bonchev–Trinajstić information content (AvgIpc) is 2.38. The zero-order chi connectivity index (χ0) is 14.7. The average molecular weight is 292 g/mol. The van der Waals surface area contributed by atoms with Gasteiger partial charge >= 0.3 is 0 Å². The van der Waals surface area contributed by atoms with Crippen molar-refractivity contribution in [2.45, 2.75) is 51.7 Å². The molecule has 0 aromatic heterocycles. The number of rotatable bonds is 4. The number of hydrogen-bond acceptors (Lipinski definition) is 2. The largest absolute Gasteiger partial charge is 0.293 e. The minimum atomic E-state index is -1.02. The second kappa shape index (κ2) is 6.66. The van der Waals surface area contributed by atoms with E-state index in [2.05, 4.69) is 6.92 Å². The van der Waals surface area contributed by atoms with Gasteiger partial charge in [0.2, 0.25) is 0 Å². The molecule has 3 unspecified atom stereocenters. The predicted molar refractivity (Wildman–Crippen MR) is 84.7 cm³/mol. The van der Waals surface area contributed by atoms with Crippen LogP contribution in [0.2, 0.25) is 0 Å². The predicted octanol–water partition coefficient (Wildman–Crippen LogP) is 3.81. The van der Waals surface area contributed by atoms with Gasteiger partial charge in [-0.2, -0.15) is 0 Å². The van der Waals surface area contributed by atoms with E-state index < -0.39 is 10.8 Å². The molecule has 1 aliphatic carbocycles. The van der Waals surface area contributed by atoms with Crippen molar-refractivity contribution in [3.8, 4) is 0 Å². The normalized spacial score (nSPS) is 24.4. The monoisotopic (exact) mass is 292 g/mol. The van der Waals surface area contributed by atoms with Gasteiger partial charge in [-0.05, 0) is 38.2 Å². The Labute approximate surface area is 124 Å². The van der Waals surface area contributed by atoms with Crippen LogP contribution in [0.3, 0.4) is 0 Å². The first-order chi connectivity index (χ1) is 9.47. The summed E-state index contributed by atoms with van der Waals surface area (Å²) in [5.74, 6) is 0.856. The molecule has 0 aliphatic heterocycles. The molecular weight excluding hydrogens is 268 g/mol. The van der Waals surface area contributed by atoms with E-state index >= 15 is 0 Å². The van der Waals surface area contributed by atoms with E-state index in [0.29, 0.717) is 5.92 Å². The molecule has 0 amide bonds. The van der Waals surface area contributed by atoms with Gasteiger partial charge in [-0.1, -0.05) is 43.5 Å². The number of ketones is 1. The Kier molecular flexibility index (Phi) is 5.14. The van der Waals surface area contributed by atoms with Crippen molar-refractivity contribution >= 4 is 16.6 Å². The van der Waals surface area contributed by atoms with Crippen LogP contribution in [0.15, 0.2) is 18.2 Å².